The Kier molecular flexibility index (Phi) is 4.08. The van der Waals surface area contributed by atoms with Gasteiger partial charge >= 0.3 is 16.3 Å². The number of nitrogens with zero attached hydrogens (tertiary/aromatic N) is 1. The number of amides is 1. The molecule has 2 aliphatic heterocycles. The Bertz CT molecular complexity index is 405. The summed E-state index contributed by atoms with van der Waals surface area (Å²) in [5.74, 6) is 0. The first-order chi connectivity index (χ1) is 8.54. The molecule has 0 spiro atoms. The normalized spacial score (nSPS) is 29.4. The Balaban J connectivity index is 2.08. The molecule has 0 saturated carbocycles. The van der Waals surface area contributed by atoms with Crippen molar-refractivity contribution in [1.82, 2.24) is 14.3 Å². The van der Waals surface area contributed by atoms with Crippen molar-refractivity contribution in [3.8, 4) is 0 Å². The van der Waals surface area contributed by atoms with Crippen LogP contribution in [0.5, 0.6) is 0 Å². The minimum atomic E-state index is -3.79. The molecule has 0 aliphatic carbocycles. The van der Waals surface area contributed by atoms with Gasteiger partial charge in [0, 0.05) is 18.6 Å². The lowest BCUT2D eigenvalue weighted by Gasteiger charge is -2.28. The summed E-state index contributed by atoms with van der Waals surface area (Å²) in [7, 11) is -2.65. The maximum Gasteiger partial charge on any atom is 0.421 e. The van der Waals surface area contributed by atoms with E-state index in [0.717, 1.165) is 39.3 Å². The Labute approximate surface area is 107 Å². The van der Waals surface area contributed by atoms with Gasteiger partial charge in [-0.25, -0.2) is 9.52 Å². The van der Waals surface area contributed by atoms with Crippen LogP contribution in [0, 0.1) is 0 Å². The molecule has 2 fully saturated rings. The zero-order valence-corrected chi connectivity index (χ0v) is 11.2. The third-order valence-electron chi connectivity index (χ3n) is 3.52. The summed E-state index contributed by atoms with van der Waals surface area (Å²) in [6, 6.07) is 0.136. The predicted octanol–water partition coefficient (Wildman–Crippen LogP) is -0.196. The van der Waals surface area contributed by atoms with Gasteiger partial charge in [-0.15, -0.1) is 0 Å². The molecule has 7 nitrogen and oxygen atoms in total. The van der Waals surface area contributed by atoms with Crippen molar-refractivity contribution >= 4 is 16.3 Å². The molecule has 2 heterocycles. The quantitative estimate of drug-likeness (QED) is 0.746. The van der Waals surface area contributed by atoms with E-state index in [-0.39, 0.29) is 12.1 Å². The average molecular weight is 277 g/mol. The van der Waals surface area contributed by atoms with Crippen molar-refractivity contribution in [3.05, 3.63) is 0 Å². The molecule has 18 heavy (non-hydrogen) atoms. The molecule has 2 atom stereocenters. The summed E-state index contributed by atoms with van der Waals surface area (Å²) in [5.41, 5.74) is 0. The molecule has 8 heteroatoms. The molecule has 2 unspecified atom stereocenters. The SMILES string of the molecule is COC(=O)NS(=O)(=O)N1CCCC1C1CCCN1. The predicted molar refractivity (Wildman–Crippen MR) is 65.2 cm³/mol. The van der Waals surface area contributed by atoms with Crippen LogP contribution in [0.2, 0.25) is 0 Å². The molecule has 0 bridgehead atoms. The number of ether oxygens (including phenoxy) is 1. The molecule has 2 rings (SSSR count). The number of hydrogen-bond donors (Lipinski definition) is 2. The van der Waals surface area contributed by atoms with Crippen LogP contribution in [0.4, 0.5) is 4.79 Å². The summed E-state index contributed by atoms with van der Waals surface area (Å²) in [6.45, 7) is 1.38. The Morgan fingerprint density at radius 1 is 1.39 bits per heavy atom. The first-order valence-electron chi connectivity index (χ1n) is 6.15. The van der Waals surface area contributed by atoms with E-state index in [0.29, 0.717) is 6.54 Å². The van der Waals surface area contributed by atoms with E-state index in [2.05, 4.69) is 10.1 Å². The largest absolute Gasteiger partial charge is 0.452 e. The maximum absolute atomic E-state index is 12.1. The molecule has 0 aromatic carbocycles. The fraction of sp³-hybridized carbons (Fsp3) is 0.900. The van der Waals surface area contributed by atoms with Crippen LogP contribution in [0.25, 0.3) is 0 Å². The highest BCUT2D eigenvalue weighted by molar-refractivity contribution is 7.87. The van der Waals surface area contributed by atoms with Gasteiger partial charge in [-0.05, 0) is 32.2 Å². The number of carbonyl (C=O) groups excluding carboxylic acids is 1. The Hall–Kier alpha value is -0.860. The minimum absolute atomic E-state index is 0.0605. The molecular formula is C10H19N3O4S. The second-order valence-corrected chi connectivity index (χ2v) is 6.25. The van der Waals surface area contributed by atoms with Crippen LogP contribution in [0.1, 0.15) is 25.7 Å². The van der Waals surface area contributed by atoms with Crippen molar-refractivity contribution in [1.29, 1.82) is 0 Å². The van der Waals surface area contributed by atoms with Crippen LogP contribution in [-0.4, -0.2) is 51.1 Å². The van der Waals surface area contributed by atoms with Crippen LogP contribution in [-0.2, 0) is 14.9 Å². The van der Waals surface area contributed by atoms with Gasteiger partial charge in [-0.3, -0.25) is 0 Å². The Morgan fingerprint density at radius 2 is 2.17 bits per heavy atom. The van der Waals surface area contributed by atoms with Crippen molar-refractivity contribution < 1.29 is 17.9 Å². The molecule has 2 N–H and O–H groups in total. The third-order valence-corrected chi connectivity index (χ3v) is 5.01. The monoisotopic (exact) mass is 277 g/mol. The highest BCUT2D eigenvalue weighted by Crippen LogP contribution is 2.26. The lowest BCUT2D eigenvalue weighted by atomic mass is 10.1. The van der Waals surface area contributed by atoms with Crippen LogP contribution in [0.3, 0.4) is 0 Å². The smallest absolute Gasteiger partial charge is 0.421 e. The Morgan fingerprint density at radius 3 is 2.78 bits per heavy atom. The fourth-order valence-electron chi connectivity index (χ4n) is 2.71. The zero-order valence-electron chi connectivity index (χ0n) is 10.4. The number of hydrogen-bond acceptors (Lipinski definition) is 5. The second-order valence-electron chi connectivity index (χ2n) is 4.62. The summed E-state index contributed by atoms with van der Waals surface area (Å²) in [6.07, 6.45) is 2.76. The van der Waals surface area contributed by atoms with Crippen molar-refractivity contribution in [2.75, 3.05) is 20.2 Å². The van der Waals surface area contributed by atoms with E-state index in [1.165, 1.54) is 4.31 Å². The minimum Gasteiger partial charge on any atom is -0.452 e. The molecule has 104 valence electrons. The number of carbonyl (C=O) groups is 1. The summed E-state index contributed by atoms with van der Waals surface area (Å²) in [4.78, 5) is 11.1. The fourth-order valence-corrected chi connectivity index (χ4v) is 4.10. The number of nitrogens with one attached hydrogen (secondary N) is 2. The molecule has 2 aliphatic rings. The summed E-state index contributed by atoms with van der Waals surface area (Å²) >= 11 is 0. The molecule has 1 amide bonds. The topological polar surface area (TPSA) is 87.7 Å². The van der Waals surface area contributed by atoms with E-state index in [1.807, 2.05) is 4.72 Å². The van der Waals surface area contributed by atoms with Gasteiger partial charge in [0.25, 0.3) is 0 Å². The van der Waals surface area contributed by atoms with Crippen LogP contribution in [0.15, 0.2) is 0 Å². The van der Waals surface area contributed by atoms with Crippen LogP contribution >= 0.6 is 0 Å². The molecule has 2 saturated heterocycles. The van der Waals surface area contributed by atoms with Gasteiger partial charge in [0.1, 0.15) is 0 Å². The van der Waals surface area contributed by atoms with Crippen LogP contribution < -0.4 is 10.0 Å². The van der Waals surface area contributed by atoms with Crippen molar-refractivity contribution in [2.45, 2.75) is 37.8 Å². The van der Waals surface area contributed by atoms with Gasteiger partial charge in [0.05, 0.1) is 7.11 Å². The molecule has 0 aromatic heterocycles. The molecular weight excluding hydrogens is 258 g/mol. The van der Waals surface area contributed by atoms with Gasteiger partial charge < -0.3 is 10.1 Å². The molecule has 0 aromatic rings. The third kappa shape index (κ3) is 2.76. The second kappa shape index (κ2) is 5.41. The van der Waals surface area contributed by atoms with Gasteiger partial charge in [-0.1, -0.05) is 0 Å². The summed E-state index contributed by atoms with van der Waals surface area (Å²) in [5, 5.41) is 3.32. The number of methoxy groups -OCH3 is 1. The standard InChI is InChI=1S/C10H19N3O4S/c1-17-10(14)12-18(15,16)13-7-3-5-9(13)8-4-2-6-11-8/h8-9,11H,2-7H2,1H3,(H,12,14). The van der Waals surface area contributed by atoms with E-state index < -0.39 is 16.3 Å². The molecule has 0 radical (unpaired) electrons. The highest BCUT2D eigenvalue weighted by atomic mass is 32.2. The first-order valence-corrected chi connectivity index (χ1v) is 7.59. The lowest BCUT2D eigenvalue weighted by molar-refractivity contribution is 0.176. The van der Waals surface area contributed by atoms with Gasteiger partial charge in [0.15, 0.2) is 0 Å². The van der Waals surface area contributed by atoms with Gasteiger partial charge in [0.2, 0.25) is 0 Å². The van der Waals surface area contributed by atoms with Crippen molar-refractivity contribution in [3.63, 3.8) is 0 Å². The van der Waals surface area contributed by atoms with Gasteiger partial charge in [-0.2, -0.15) is 12.7 Å². The summed E-state index contributed by atoms with van der Waals surface area (Å²) < 4.78 is 31.7. The first kappa shape index (κ1) is 13.6. The van der Waals surface area contributed by atoms with E-state index >= 15 is 0 Å². The zero-order chi connectivity index (χ0) is 13.2. The van der Waals surface area contributed by atoms with E-state index in [4.69, 9.17) is 0 Å². The highest BCUT2D eigenvalue weighted by Gasteiger charge is 2.40. The van der Waals surface area contributed by atoms with Crippen molar-refractivity contribution in [2.24, 2.45) is 0 Å². The maximum atomic E-state index is 12.1. The van der Waals surface area contributed by atoms with E-state index in [1.54, 1.807) is 0 Å². The number of rotatable bonds is 3. The average Bonchev–Trinajstić information content (AvgIpc) is 2.98. The van der Waals surface area contributed by atoms with E-state index in [9.17, 15) is 13.2 Å². The lowest BCUT2D eigenvalue weighted by Crippen LogP contribution is -2.51.